The van der Waals surface area contributed by atoms with Gasteiger partial charge >= 0.3 is 0 Å². The highest BCUT2D eigenvalue weighted by Crippen LogP contribution is 2.40. The first kappa shape index (κ1) is 20.7. The van der Waals surface area contributed by atoms with Gasteiger partial charge in [-0.2, -0.15) is 0 Å². The standard InChI is InChI=1S/C25H29NO3/c1-17(7-13-22-18(2)6-5-15-25(22,3)4)16-21-12-14-23(29-21)24(28)26-19-8-10-20(27)11-9-19/h7-14,16,27H,5-6,15H2,1-4H3,(H,26,28)/b13-7?,17-16+. The zero-order chi connectivity index (χ0) is 21.0. The summed E-state index contributed by atoms with van der Waals surface area (Å²) in [6, 6.07) is 9.76. The average molecular weight is 392 g/mol. The van der Waals surface area contributed by atoms with Gasteiger partial charge in [0.05, 0.1) is 0 Å². The molecule has 0 aliphatic heterocycles. The minimum absolute atomic E-state index is 0.152. The summed E-state index contributed by atoms with van der Waals surface area (Å²) in [5.74, 6) is 0.706. The number of hydrogen-bond acceptors (Lipinski definition) is 3. The molecular formula is C25H29NO3. The van der Waals surface area contributed by atoms with E-state index >= 15 is 0 Å². The second-order valence-corrected chi connectivity index (χ2v) is 8.36. The summed E-state index contributed by atoms with van der Waals surface area (Å²) in [6.45, 7) is 8.87. The van der Waals surface area contributed by atoms with Gasteiger partial charge in [-0.1, -0.05) is 31.6 Å². The fourth-order valence-corrected chi connectivity index (χ4v) is 3.79. The van der Waals surface area contributed by atoms with E-state index in [0.717, 1.165) is 5.57 Å². The molecule has 0 bridgehead atoms. The van der Waals surface area contributed by atoms with Crippen molar-refractivity contribution < 1.29 is 14.3 Å². The summed E-state index contributed by atoms with van der Waals surface area (Å²) >= 11 is 0. The first-order chi connectivity index (χ1) is 13.7. The highest BCUT2D eigenvalue weighted by atomic mass is 16.3. The van der Waals surface area contributed by atoms with Crippen LogP contribution >= 0.6 is 0 Å². The van der Waals surface area contributed by atoms with Gasteiger partial charge in [-0.05, 0) is 92.1 Å². The summed E-state index contributed by atoms with van der Waals surface area (Å²) in [5, 5.41) is 12.1. The molecule has 3 rings (SSSR count). The predicted octanol–water partition coefficient (Wildman–Crippen LogP) is 6.72. The number of furan rings is 1. The Morgan fingerprint density at radius 3 is 2.59 bits per heavy atom. The van der Waals surface area contributed by atoms with Crippen molar-refractivity contribution in [3.63, 3.8) is 0 Å². The fourth-order valence-electron chi connectivity index (χ4n) is 3.79. The lowest BCUT2D eigenvalue weighted by atomic mass is 9.72. The number of carbonyl (C=O) groups is 1. The minimum Gasteiger partial charge on any atom is -0.508 e. The van der Waals surface area contributed by atoms with Gasteiger partial charge in [-0.3, -0.25) is 4.79 Å². The van der Waals surface area contributed by atoms with Crippen molar-refractivity contribution in [3.8, 4) is 5.75 Å². The first-order valence-corrected chi connectivity index (χ1v) is 10.0. The Balaban J connectivity index is 1.69. The van der Waals surface area contributed by atoms with Crippen molar-refractivity contribution >= 4 is 17.7 Å². The van der Waals surface area contributed by atoms with Gasteiger partial charge in [-0.25, -0.2) is 0 Å². The molecule has 2 N–H and O–H groups in total. The third kappa shape index (κ3) is 5.29. The fraction of sp³-hybridized carbons (Fsp3) is 0.320. The number of anilines is 1. The number of phenols is 1. The number of hydrogen-bond donors (Lipinski definition) is 2. The molecule has 29 heavy (non-hydrogen) atoms. The van der Waals surface area contributed by atoms with Crippen molar-refractivity contribution in [1.82, 2.24) is 0 Å². The summed E-state index contributed by atoms with van der Waals surface area (Å²) < 4.78 is 5.68. The lowest BCUT2D eigenvalue weighted by molar-refractivity contribution is 0.0996. The van der Waals surface area contributed by atoms with Crippen LogP contribution in [0.2, 0.25) is 0 Å². The summed E-state index contributed by atoms with van der Waals surface area (Å²) in [4.78, 5) is 12.3. The van der Waals surface area contributed by atoms with E-state index in [1.807, 2.05) is 13.0 Å². The van der Waals surface area contributed by atoms with Crippen LogP contribution in [0, 0.1) is 5.41 Å². The smallest absolute Gasteiger partial charge is 0.291 e. The lowest BCUT2D eigenvalue weighted by Crippen LogP contribution is -2.19. The van der Waals surface area contributed by atoms with Gasteiger partial charge < -0.3 is 14.8 Å². The number of allylic oxidation sites excluding steroid dienone is 5. The van der Waals surface area contributed by atoms with Crippen LogP contribution in [0.3, 0.4) is 0 Å². The van der Waals surface area contributed by atoms with E-state index in [1.165, 1.54) is 42.5 Å². The molecule has 0 spiro atoms. The van der Waals surface area contributed by atoms with Gasteiger partial charge in [0.15, 0.2) is 5.76 Å². The van der Waals surface area contributed by atoms with E-state index in [1.54, 1.807) is 24.3 Å². The molecule has 1 aliphatic carbocycles. The second kappa shape index (κ2) is 8.56. The molecule has 0 atom stereocenters. The van der Waals surface area contributed by atoms with E-state index in [4.69, 9.17) is 4.42 Å². The molecule has 0 fully saturated rings. The van der Waals surface area contributed by atoms with Crippen molar-refractivity contribution in [1.29, 1.82) is 0 Å². The first-order valence-electron chi connectivity index (χ1n) is 10.0. The van der Waals surface area contributed by atoms with Gasteiger partial charge in [0.1, 0.15) is 11.5 Å². The number of benzene rings is 1. The Kier molecular flexibility index (Phi) is 6.12. The van der Waals surface area contributed by atoms with E-state index in [-0.39, 0.29) is 22.8 Å². The maximum absolute atomic E-state index is 12.3. The number of amides is 1. The Hall–Kier alpha value is -3.01. The molecular weight excluding hydrogens is 362 g/mol. The zero-order valence-corrected chi connectivity index (χ0v) is 17.6. The third-order valence-corrected chi connectivity index (χ3v) is 5.40. The number of nitrogens with one attached hydrogen (secondary N) is 1. The van der Waals surface area contributed by atoms with E-state index < -0.39 is 0 Å². The van der Waals surface area contributed by atoms with Crippen LogP contribution in [0.25, 0.3) is 6.08 Å². The summed E-state index contributed by atoms with van der Waals surface area (Å²) in [5.41, 5.74) is 4.76. The van der Waals surface area contributed by atoms with Crippen molar-refractivity contribution in [3.05, 3.63) is 76.8 Å². The van der Waals surface area contributed by atoms with Crippen LogP contribution in [-0.4, -0.2) is 11.0 Å². The molecule has 4 nitrogen and oxygen atoms in total. The SMILES string of the molecule is CC1=C(C=C/C(C)=C/c2ccc(C(=O)Nc3ccc(O)cc3)o2)C(C)(C)CCC1. The molecule has 1 aliphatic rings. The predicted molar refractivity (Wildman–Crippen MR) is 118 cm³/mol. The second-order valence-electron chi connectivity index (χ2n) is 8.36. The van der Waals surface area contributed by atoms with Gasteiger partial charge in [0.2, 0.25) is 0 Å². The largest absolute Gasteiger partial charge is 0.508 e. The molecule has 152 valence electrons. The lowest BCUT2D eigenvalue weighted by Gasteiger charge is -2.32. The van der Waals surface area contributed by atoms with Gasteiger partial charge in [0.25, 0.3) is 5.91 Å². The van der Waals surface area contributed by atoms with Crippen molar-refractivity contribution in [2.75, 3.05) is 5.32 Å². The molecule has 1 amide bonds. The number of phenolic OH excluding ortho intramolecular Hbond substituents is 1. The Bertz CT molecular complexity index is 972. The van der Waals surface area contributed by atoms with Gasteiger partial charge in [-0.15, -0.1) is 0 Å². The minimum atomic E-state index is -0.326. The maximum atomic E-state index is 12.3. The Morgan fingerprint density at radius 2 is 1.90 bits per heavy atom. The quantitative estimate of drug-likeness (QED) is 0.439. The zero-order valence-electron chi connectivity index (χ0n) is 17.6. The van der Waals surface area contributed by atoms with Crippen LogP contribution in [0.1, 0.15) is 63.3 Å². The molecule has 2 aromatic rings. The summed E-state index contributed by atoms with van der Waals surface area (Å²) in [7, 11) is 0. The van der Waals surface area contributed by atoms with Crippen LogP contribution in [0.5, 0.6) is 5.75 Å². The Labute approximate surface area is 172 Å². The number of rotatable bonds is 5. The molecule has 1 aromatic carbocycles. The number of aromatic hydroxyl groups is 1. The molecule has 0 saturated carbocycles. The van der Waals surface area contributed by atoms with Crippen LogP contribution < -0.4 is 5.32 Å². The monoisotopic (exact) mass is 391 g/mol. The maximum Gasteiger partial charge on any atom is 0.291 e. The topological polar surface area (TPSA) is 62.5 Å². The molecule has 1 aromatic heterocycles. The number of carbonyl (C=O) groups excluding carboxylic acids is 1. The average Bonchev–Trinajstić information content (AvgIpc) is 3.11. The third-order valence-electron chi connectivity index (χ3n) is 5.40. The van der Waals surface area contributed by atoms with Gasteiger partial charge in [0, 0.05) is 5.69 Å². The molecule has 4 heteroatoms. The van der Waals surface area contributed by atoms with E-state index in [2.05, 4.69) is 38.2 Å². The molecule has 0 radical (unpaired) electrons. The van der Waals surface area contributed by atoms with Crippen LogP contribution in [-0.2, 0) is 0 Å². The highest BCUT2D eigenvalue weighted by Gasteiger charge is 2.26. The normalized spacial score (nSPS) is 17.0. The Morgan fingerprint density at radius 1 is 1.17 bits per heavy atom. The van der Waals surface area contributed by atoms with E-state index in [0.29, 0.717) is 11.4 Å². The summed E-state index contributed by atoms with van der Waals surface area (Å²) in [6.07, 6.45) is 9.91. The van der Waals surface area contributed by atoms with Crippen molar-refractivity contribution in [2.45, 2.75) is 47.0 Å². The molecule has 0 unspecified atom stereocenters. The van der Waals surface area contributed by atoms with Crippen molar-refractivity contribution in [2.24, 2.45) is 5.41 Å². The van der Waals surface area contributed by atoms with Crippen LogP contribution in [0.4, 0.5) is 5.69 Å². The van der Waals surface area contributed by atoms with E-state index in [9.17, 15) is 9.90 Å². The molecule has 1 heterocycles. The van der Waals surface area contributed by atoms with Crippen LogP contribution in [0.15, 0.2) is 69.7 Å². The highest BCUT2D eigenvalue weighted by molar-refractivity contribution is 6.02. The molecule has 0 saturated heterocycles.